The highest BCUT2D eigenvalue weighted by Crippen LogP contribution is 2.11. The van der Waals surface area contributed by atoms with E-state index in [1.807, 2.05) is 0 Å². The first-order valence-corrected chi connectivity index (χ1v) is 24.1. The van der Waals surface area contributed by atoms with Gasteiger partial charge in [0.05, 0.1) is 18.8 Å². The molecule has 0 aromatic heterocycles. The number of hydrogen-bond donors (Lipinski definition) is 17. The van der Waals surface area contributed by atoms with Crippen molar-refractivity contribution in [1.29, 1.82) is 0 Å². The van der Waals surface area contributed by atoms with Crippen LogP contribution in [0.1, 0.15) is 79.2 Å². The van der Waals surface area contributed by atoms with Crippen LogP contribution in [-0.2, 0) is 59.2 Å². The number of benzene rings is 1. The lowest BCUT2D eigenvalue weighted by Gasteiger charge is -2.28. The topological polar surface area (TPSA) is 467 Å². The van der Waals surface area contributed by atoms with Gasteiger partial charge in [0.25, 0.3) is 5.97 Å². The second-order valence-electron chi connectivity index (χ2n) is 17.9. The highest BCUT2D eigenvalue weighted by Gasteiger charge is 2.36. The van der Waals surface area contributed by atoms with Gasteiger partial charge in [0.2, 0.25) is 59.1 Å². The molecule has 0 spiro atoms. The fraction of sp³-hybridized carbons (Fsp3) is 0.630. The fourth-order valence-corrected chi connectivity index (χ4v) is 7.16. The van der Waals surface area contributed by atoms with Gasteiger partial charge >= 0.3 is 0 Å². The first-order chi connectivity index (χ1) is 34.8. The number of amides is 10. The van der Waals surface area contributed by atoms with Crippen LogP contribution in [0.15, 0.2) is 30.3 Å². The number of rotatable bonds is 18. The molecule has 1 aromatic carbocycles. The van der Waals surface area contributed by atoms with Crippen molar-refractivity contribution in [3.63, 3.8) is 0 Å². The van der Waals surface area contributed by atoms with Gasteiger partial charge in [0, 0.05) is 26.8 Å². The number of nitrogens with one attached hydrogen (secondary N) is 10. The predicted molar refractivity (Wildman–Crippen MR) is 265 cm³/mol. The predicted octanol–water partition coefficient (Wildman–Crippen LogP) is -6.93. The lowest BCUT2D eigenvalue weighted by Crippen LogP contribution is -2.61. The highest BCUT2D eigenvalue weighted by molar-refractivity contribution is 5.99. The van der Waals surface area contributed by atoms with Gasteiger partial charge in [-0.3, -0.25) is 52.7 Å². The van der Waals surface area contributed by atoms with Crippen LogP contribution in [-0.4, -0.2) is 185 Å². The molecule has 74 heavy (non-hydrogen) atoms. The monoisotopic (exact) mass is 1050 g/mol. The maximum atomic E-state index is 14.2. The van der Waals surface area contributed by atoms with E-state index in [0.717, 1.165) is 13.8 Å². The summed E-state index contributed by atoms with van der Waals surface area (Å²) in [5.41, 5.74) is 18.1. The number of aliphatic carboxylic acids is 1. The van der Waals surface area contributed by atoms with Crippen LogP contribution >= 0.6 is 0 Å². The van der Waals surface area contributed by atoms with E-state index >= 15 is 0 Å². The molecule has 1 saturated heterocycles. The van der Waals surface area contributed by atoms with Gasteiger partial charge in [-0.05, 0) is 77.1 Å². The van der Waals surface area contributed by atoms with E-state index < -0.39 is 151 Å². The summed E-state index contributed by atoms with van der Waals surface area (Å²) in [4.78, 5) is 145. The van der Waals surface area contributed by atoms with Crippen LogP contribution in [0.25, 0.3) is 0 Å². The molecule has 1 aromatic rings. The van der Waals surface area contributed by atoms with E-state index in [4.69, 9.17) is 27.1 Å². The van der Waals surface area contributed by atoms with Crippen LogP contribution in [0, 0.1) is 5.92 Å². The molecule has 28 nitrogen and oxygen atoms in total. The van der Waals surface area contributed by atoms with E-state index in [-0.39, 0.29) is 57.7 Å². The summed E-state index contributed by atoms with van der Waals surface area (Å²) in [6, 6.07) is -5.08. The maximum Gasteiger partial charge on any atom is 0.300 e. The molecule has 2 rings (SSSR count). The number of carboxylic acids is 1. The molecule has 1 heterocycles. The van der Waals surface area contributed by atoms with Crippen molar-refractivity contribution >= 4 is 65.0 Å². The van der Waals surface area contributed by atoms with E-state index in [9.17, 15) is 63.3 Å². The van der Waals surface area contributed by atoms with Crippen molar-refractivity contribution in [3.8, 4) is 0 Å². The smallest absolute Gasteiger partial charge is 0.300 e. The molecule has 2 unspecified atom stereocenters. The van der Waals surface area contributed by atoms with Crippen LogP contribution < -0.4 is 70.4 Å². The molecule has 28 heteroatoms. The Morgan fingerprint density at radius 2 is 1.08 bits per heavy atom. The van der Waals surface area contributed by atoms with Crippen LogP contribution in [0.4, 0.5) is 0 Å². The molecule has 1 fully saturated rings. The average Bonchev–Trinajstić information content (AvgIpc) is 3.31. The van der Waals surface area contributed by atoms with Crippen molar-refractivity contribution < 1.29 is 73.2 Å². The highest BCUT2D eigenvalue weighted by atomic mass is 16.4. The standard InChI is InChI=1S/C44H73N13O13.C2H4O2/c1-22(2)19-31-40(66)52-27(11-15-45)36(62)51-29(13-17-47)39(65)57-34(23(3)59)43(69)48-18-14-30(53-42(68)33(21-58)56-44(70)35(24(4)60)49-25(5)61)38(64)50-28(12-16-46)37(63)55-32(41(67)54-31)20-26-9-7-6-8-10-26;1-2(3)4/h6-10,22-24,27-35,58-60H,11-21,45-47H2,1-5H3,(H,48,69)(H,49,61)(H,50,64)(H,51,62)(H,52,66)(H,53,68)(H,54,67)(H,55,63)(H,56,70)(H,57,65);1H3,(H,3,4)/t23-,24-,27+,28?,29+,30?,31+,32-,33-,34+,35+;/m1./s1. The normalized spacial score (nSPS) is 23.4. The minimum absolute atomic E-state index is 0.0533. The molecule has 0 aliphatic carbocycles. The largest absolute Gasteiger partial charge is 0.481 e. The Kier molecular flexibility index (Phi) is 29.8. The minimum atomic E-state index is -1.78. The van der Waals surface area contributed by atoms with Gasteiger partial charge in [-0.1, -0.05) is 44.2 Å². The number of carboxylic acid groups (broad SMARTS) is 1. The van der Waals surface area contributed by atoms with Crippen LogP contribution in [0.5, 0.6) is 0 Å². The summed E-state index contributed by atoms with van der Waals surface area (Å²) in [5, 5.41) is 62.8. The molecule has 0 bridgehead atoms. The maximum absolute atomic E-state index is 14.2. The van der Waals surface area contributed by atoms with Gasteiger partial charge < -0.3 is 90.8 Å². The van der Waals surface area contributed by atoms with Crippen LogP contribution in [0.2, 0.25) is 0 Å². The minimum Gasteiger partial charge on any atom is -0.481 e. The summed E-state index contributed by atoms with van der Waals surface area (Å²) >= 11 is 0. The number of aliphatic hydroxyl groups excluding tert-OH is 3. The third-order valence-electron chi connectivity index (χ3n) is 10.9. The first-order valence-electron chi connectivity index (χ1n) is 24.1. The van der Waals surface area contributed by atoms with E-state index in [1.165, 1.54) is 13.8 Å². The Morgan fingerprint density at radius 1 is 0.635 bits per heavy atom. The van der Waals surface area contributed by atoms with Crippen molar-refractivity contribution in [2.45, 2.75) is 147 Å². The number of hydrogen-bond acceptors (Lipinski definition) is 17. The van der Waals surface area contributed by atoms with Gasteiger partial charge in [0.15, 0.2) is 0 Å². The lowest BCUT2D eigenvalue weighted by molar-refractivity contribution is -0.136. The Bertz CT molecular complexity index is 2040. The Balaban J connectivity index is 0.00000658. The Hall–Kier alpha value is -6.85. The number of carbonyl (C=O) groups is 11. The number of nitrogens with two attached hydrogens (primary N) is 3. The molecule has 416 valence electrons. The Labute approximate surface area is 429 Å². The zero-order valence-corrected chi connectivity index (χ0v) is 42.6. The van der Waals surface area contributed by atoms with Gasteiger partial charge in [0.1, 0.15) is 54.4 Å². The molecular weight excluding hydrogens is 975 g/mol. The van der Waals surface area contributed by atoms with Crippen molar-refractivity contribution in [3.05, 3.63) is 35.9 Å². The molecule has 0 saturated carbocycles. The SMILES string of the molecule is CC(=O)N[C@H](C(=O)N[C@H](CO)C(=O)NC1CCNC(=O)[C@H]([C@@H](C)O)NC(=O)[C@H](CCN)NC(=O)[C@H](CCN)NC(=O)[C@H](CC(C)C)NC(=O)[C@@H](Cc2ccccc2)NC(=O)C(CCN)NC1=O)[C@@H](C)O.CC(=O)O. The molecule has 10 amide bonds. The fourth-order valence-electron chi connectivity index (χ4n) is 7.16. The summed E-state index contributed by atoms with van der Waals surface area (Å²) in [7, 11) is 0. The third kappa shape index (κ3) is 23.8. The van der Waals surface area contributed by atoms with E-state index in [2.05, 4.69) is 53.2 Å². The molecule has 0 radical (unpaired) electrons. The first kappa shape index (κ1) is 65.2. The van der Waals surface area contributed by atoms with E-state index in [1.54, 1.807) is 44.2 Å². The third-order valence-corrected chi connectivity index (χ3v) is 10.9. The molecule has 1 aliphatic rings. The molecule has 1 aliphatic heterocycles. The molecule has 20 N–H and O–H groups in total. The number of aliphatic hydroxyl groups is 3. The second kappa shape index (κ2) is 33.8. The van der Waals surface area contributed by atoms with Gasteiger partial charge in [-0.15, -0.1) is 0 Å². The zero-order chi connectivity index (χ0) is 56.2. The zero-order valence-electron chi connectivity index (χ0n) is 42.6. The summed E-state index contributed by atoms with van der Waals surface area (Å²) in [6.07, 6.45) is -4.04. The number of carbonyl (C=O) groups excluding carboxylic acids is 10. The van der Waals surface area contributed by atoms with Crippen molar-refractivity contribution in [2.75, 3.05) is 32.8 Å². The van der Waals surface area contributed by atoms with Crippen LogP contribution in [0.3, 0.4) is 0 Å². The second-order valence-corrected chi connectivity index (χ2v) is 17.9. The van der Waals surface area contributed by atoms with Crippen molar-refractivity contribution in [1.82, 2.24) is 53.2 Å². The summed E-state index contributed by atoms with van der Waals surface area (Å²) in [6.45, 7) is 6.16. The molecular formula is C46H77N13O15. The Morgan fingerprint density at radius 3 is 1.53 bits per heavy atom. The lowest BCUT2D eigenvalue weighted by atomic mass is 10.00. The summed E-state index contributed by atoms with van der Waals surface area (Å²) < 4.78 is 0. The van der Waals surface area contributed by atoms with Gasteiger partial charge in [-0.25, -0.2) is 0 Å². The molecule has 11 atom stereocenters. The van der Waals surface area contributed by atoms with E-state index in [0.29, 0.717) is 5.56 Å². The average molecular weight is 1050 g/mol. The summed E-state index contributed by atoms with van der Waals surface area (Å²) in [5.74, 6) is -10.4. The van der Waals surface area contributed by atoms with Crippen molar-refractivity contribution in [2.24, 2.45) is 23.1 Å². The quantitative estimate of drug-likeness (QED) is 0.0650. The van der Waals surface area contributed by atoms with Gasteiger partial charge in [-0.2, -0.15) is 0 Å².